The van der Waals surface area contributed by atoms with Crippen LogP contribution in [-0.2, 0) is 0 Å². The van der Waals surface area contributed by atoms with Crippen molar-refractivity contribution in [2.45, 2.75) is 26.2 Å². The van der Waals surface area contributed by atoms with E-state index in [1.165, 1.54) is 12.8 Å². The van der Waals surface area contributed by atoms with E-state index in [1.54, 1.807) is 6.21 Å². The number of rotatable bonds is 6. The van der Waals surface area contributed by atoms with E-state index in [0.29, 0.717) is 5.11 Å². The maximum Gasteiger partial charge on any atom is 0.186 e. The molecule has 0 saturated carbocycles. The molecule has 0 amide bonds. The quantitative estimate of drug-likeness (QED) is 0.352. The molecule has 4 heteroatoms. The molecule has 1 rings (SSSR count). The SMILES string of the molecule is CCCCCNC(=S)N/N=C\c1ccccc1. The molecule has 92 valence electrons. The topological polar surface area (TPSA) is 36.4 Å². The second kappa shape index (κ2) is 8.70. The summed E-state index contributed by atoms with van der Waals surface area (Å²) in [5, 5.41) is 7.75. The van der Waals surface area contributed by atoms with Crippen molar-refractivity contribution in [2.24, 2.45) is 5.10 Å². The number of unbranched alkanes of at least 4 members (excludes halogenated alkanes) is 2. The van der Waals surface area contributed by atoms with Gasteiger partial charge in [-0.3, -0.25) is 5.43 Å². The minimum absolute atomic E-state index is 0.577. The van der Waals surface area contributed by atoms with Gasteiger partial charge in [0, 0.05) is 6.54 Å². The van der Waals surface area contributed by atoms with Gasteiger partial charge in [-0.1, -0.05) is 50.1 Å². The second-order valence-corrected chi connectivity index (χ2v) is 4.15. The van der Waals surface area contributed by atoms with Crippen LogP contribution in [0, 0.1) is 0 Å². The normalized spacial score (nSPS) is 10.4. The fraction of sp³-hybridized carbons (Fsp3) is 0.385. The van der Waals surface area contributed by atoms with Crippen molar-refractivity contribution in [1.82, 2.24) is 10.7 Å². The third-order valence-corrected chi connectivity index (χ3v) is 2.48. The fourth-order valence-electron chi connectivity index (χ4n) is 1.32. The average molecular weight is 249 g/mol. The van der Waals surface area contributed by atoms with Gasteiger partial charge < -0.3 is 5.32 Å². The zero-order chi connectivity index (χ0) is 12.3. The number of nitrogens with zero attached hydrogens (tertiary/aromatic N) is 1. The summed E-state index contributed by atoms with van der Waals surface area (Å²) in [5.74, 6) is 0. The smallest absolute Gasteiger partial charge is 0.186 e. The highest BCUT2D eigenvalue weighted by Crippen LogP contribution is 1.93. The van der Waals surface area contributed by atoms with E-state index in [9.17, 15) is 0 Å². The highest BCUT2D eigenvalue weighted by molar-refractivity contribution is 7.80. The third kappa shape index (κ3) is 6.68. The highest BCUT2D eigenvalue weighted by atomic mass is 32.1. The molecule has 0 aliphatic carbocycles. The second-order valence-electron chi connectivity index (χ2n) is 3.74. The predicted octanol–water partition coefficient (Wildman–Crippen LogP) is 2.67. The summed E-state index contributed by atoms with van der Waals surface area (Å²) in [7, 11) is 0. The molecule has 0 fully saturated rings. The van der Waals surface area contributed by atoms with Crippen LogP contribution in [0.2, 0.25) is 0 Å². The van der Waals surface area contributed by atoms with Crippen molar-refractivity contribution in [3.05, 3.63) is 35.9 Å². The Kier molecular flexibility index (Phi) is 6.98. The van der Waals surface area contributed by atoms with Crippen molar-refractivity contribution in [3.8, 4) is 0 Å². The van der Waals surface area contributed by atoms with Gasteiger partial charge in [0.25, 0.3) is 0 Å². The van der Waals surface area contributed by atoms with Gasteiger partial charge in [0.1, 0.15) is 0 Å². The first-order chi connectivity index (χ1) is 8.33. The number of hydrogen-bond acceptors (Lipinski definition) is 2. The molecule has 0 unspecified atom stereocenters. The summed E-state index contributed by atoms with van der Waals surface area (Å²) >= 11 is 5.08. The van der Waals surface area contributed by atoms with Crippen LogP contribution in [0.3, 0.4) is 0 Å². The van der Waals surface area contributed by atoms with Crippen LogP contribution in [0.4, 0.5) is 0 Å². The maximum atomic E-state index is 5.08. The Labute approximate surface area is 108 Å². The van der Waals surface area contributed by atoms with Crippen LogP contribution < -0.4 is 10.7 Å². The molecule has 0 heterocycles. The van der Waals surface area contributed by atoms with Gasteiger partial charge in [0.2, 0.25) is 0 Å². The molecule has 2 N–H and O–H groups in total. The molecule has 0 bridgehead atoms. The number of nitrogens with one attached hydrogen (secondary N) is 2. The highest BCUT2D eigenvalue weighted by Gasteiger charge is 1.91. The van der Waals surface area contributed by atoms with Crippen LogP contribution in [0.1, 0.15) is 31.7 Å². The lowest BCUT2D eigenvalue weighted by Crippen LogP contribution is -2.32. The monoisotopic (exact) mass is 249 g/mol. The molecule has 1 aromatic rings. The van der Waals surface area contributed by atoms with Gasteiger partial charge in [-0.05, 0) is 24.2 Å². The van der Waals surface area contributed by atoms with Crippen molar-refractivity contribution in [1.29, 1.82) is 0 Å². The molecule has 0 aliphatic heterocycles. The van der Waals surface area contributed by atoms with Gasteiger partial charge >= 0.3 is 0 Å². The molecule has 1 aromatic carbocycles. The largest absolute Gasteiger partial charge is 0.361 e. The third-order valence-electron chi connectivity index (χ3n) is 2.25. The first-order valence-electron chi connectivity index (χ1n) is 5.95. The molecular formula is C13H19N3S. The molecule has 3 nitrogen and oxygen atoms in total. The molecule has 0 atom stereocenters. The van der Waals surface area contributed by atoms with Crippen LogP contribution in [0.25, 0.3) is 0 Å². The van der Waals surface area contributed by atoms with E-state index in [1.807, 2.05) is 30.3 Å². The molecule has 17 heavy (non-hydrogen) atoms. The Morgan fingerprint density at radius 2 is 2.06 bits per heavy atom. The summed E-state index contributed by atoms with van der Waals surface area (Å²) in [6.45, 7) is 3.08. The van der Waals surface area contributed by atoms with Gasteiger partial charge in [0.05, 0.1) is 6.21 Å². The van der Waals surface area contributed by atoms with Crippen molar-refractivity contribution in [3.63, 3.8) is 0 Å². The summed E-state index contributed by atoms with van der Waals surface area (Å²) in [4.78, 5) is 0. The Hall–Kier alpha value is -1.42. The van der Waals surface area contributed by atoms with Gasteiger partial charge in [0.15, 0.2) is 5.11 Å². The van der Waals surface area contributed by atoms with Crippen LogP contribution in [-0.4, -0.2) is 17.9 Å². The zero-order valence-electron chi connectivity index (χ0n) is 10.1. The minimum Gasteiger partial charge on any atom is -0.361 e. The van der Waals surface area contributed by atoms with E-state index < -0.39 is 0 Å². The molecule has 0 spiro atoms. The lowest BCUT2D eigenvalue weighted by molar-refractivity contribution is 0.691. The Balaban J connectivity index is 2.17. The predicted molar refractivity (Wildman–Crippen MR) is 77.3 cm³/mol. The average Bonchev–Trinajstić information content (AvgIpc) is 2.36. The zero-order valence-corrected chi connectivity index (χ0v) is 11.0. The molecule has 0 aliphatic rings. The maximum absolute atomic E-state index is 5.08. The van der Waals surface area contributed by atoms with Crippen molar-refractivity contribution in [2.75, 3.05) is 6.54 Å². The summed E-state index contributed by atoms with van der Waals surface area (Å²) in [6, 6.07) is 9.90. The Bertz CT molecular complexity index is 349. The Morgan fingerprint density at radius 1 is 1.29 bits per heavy atom. The Morgan fingerprint density at radius 3 is 2.76 bits per heavy atom. The molecular weight excluding hydrogens is 230 g/mol. The lowest BCUT2D eigenvalue weighted by Gasteiger charge is -2.05. The summed E-state index contributed by atoms with van der Waals surface area (Å²) < 4.78 is 0. The first kappa shape index (κ1) is 13.6. The first-order valence-corrected chi connectivity index (χ1v) is 6.35. The fourth-order valence-corrected chi connectivity index (χ4v) is 1.48. The van der Waals surface area contributed by atoms with Gasteiger partial charge in [-0.2, -0.15) is 5.10 Å². The van der Waals surface area contributed by atoms with E-state index in [-0.39, 0.29) is 0 Å². The van der Waals surface area contributed by atoms with Crippen molar-refractivity contribution >= 4 is 23.5 Å². The number of thiocarbonyl (C=S) groups is 1. The van der Waals surface area contributed by atoms with Crippen molar-refractivity contribution < 1.29 is 0 Å². The van der Waals surface area contributed by atoms with Crippen LogP contribution in [0.5, 0.6) is 0 Å². The van der Waals surface area contributed by atoms with E-state index in [0.717, 1.165) is 18.5 Å². The van der Waals surface area contributed by atoms with Gasteiger partial charge in [-0.15, -0.1) is 0 Å². The van der Waals surface area contributed by atoms with Gasteiger partial charge in [-0.25, -0.2) is 0 Å². The number of hydrazone groups is 1. The van der Waals surface area contributed by atoms with E-state index in [2.05, 4.69) is 22.8 Å². The summed E-state index contributed by atoms with van der Waals surface area (Å²) in [5.41, 5.74) is 3.85. The minimum atomic E-state index is 0.577. The van der Waals surface area contributed by atoms with Crippen LogP contribution >= 0.6 is 12.2 Å². The van der Waals surface area contributed by atoms with Crippen LogP contribution in [0.15, 0.2) is 35.4 Å². The number of hydrogen-bond donors (Lipinski definition) is 2. The summed E-state index contributed by atoms with van der Waals surface area (Å²) in [6.07, 6.45) is 5.33. The standard InChI is InChI=1S/C13H19N3S/c1-2-3-7-10-14-13(17)16-15-11-12-8-5-4-6-9-12/h4-6,8-9,11H,2-3,7,10H2,1H3,(H2,14,16,17)/b15-11-. The lowest BCUT2D eigenvalue weighted by atomic mass is 10.2. The molecule has 0 aromatic heterocycles. The van der Waals surface area contributed by atoms with E-state index >= 15 is 0 Å². The molecule has 0 saturated heterocycles. The number of benzene rings is 1. The molecule has 0 radical (unpaired) electrons. The van der Waals surface area contributed by atoms with E-state index in [4.69, 9.17) is 12.2 Å².